The molecule has 7 heteroatoms. The van der Waals surface area contributed by atoms with Crippen LogP contribution in [0.4, 0.5) is 0 Å². The van der Waals surface area contributed by atoms with Crippen molar-refractivity contribution in [2.45, 2.75) is 37.5 Å². The van der Waals surface area contributed by atoms with E-state index < -0.39 is 27.3 Å². The summed E-state index contributed by atoms with van der Waals surface area (Å²) in [6, 6.07) is 1.68. The zero-order valence-corrected chi connectivity index (χ0v) is 10.7. The van der Waals surface area contributed by atoms with Gasteiger partial charge in [0.15, 0.2) is 5.25 Å². The Hall–Kier alpha value is -1.13. The van der Waals surface area contributed by atoms with Crippen LogP contribution in [-0.4, -0.2) is 32.8 Å². The predicted molar refractivity (Wildman–Crippen MR) is 60.3 cm³/mol. The van der Waals surface area contributed by atoms with Crippen LogP contribution in [0.2, 0.25) is 0 Å². The van der Waals surface area contributed by atoms with Crippen LogP contribution in [0.25, 0.3) is 0 Å². The summed E-state index contributed by atoms with van der Waals surface area (Å²) in [6.45, 7) is 1.27. The molecule has 96 valence electrons. The summed E-state index contributed by atoms with van der Waals surface area (Å²) >= 11 is 0. The summed E-state index contributed by atoms with van der Waals surface area (Å²) in [5.41, 5.74) is 0. The van der Waals surface area contributed by atoms with Crippen LogP contribution in [0.15, 0.2) is 0 Å². The highest BCUT2D eigenvalue weighted by atomic mass is 32.2. The summed E-state index contributed by atoms with van der Waals surface area (Å²) in [4.78, 5) is 11.2. The fourth-order valence-electron chi connectivity index (χ4n) is 1.86. The number of esters is 1. The Labute approximate surface area is 101 Å². The molecular weight excluding hydrogens is 244 g/mol. The molecular formula is C10H16N2O4S. The van der Waals surface area contributed by atoms with Gasteiger partial charge in [0.2, 0.25) is 10.0 Å². The molecule has 1 N–H and O–H groups in total. The van der Waals surface area contributed by atoms with E-state index in [-0.39, 0.29) is 5.92 Å². The summed E-state index contributed by atoms with van der Waals surface area (Å²) < 4.78 is 30.5. The van der Waals surface area contributed by atoms with Gasteiger partial charge in [-0.2, -0.15) is 5.26 Å². The fourth-order valence-corrected chi connectivity index (χ4v) is 3.12. The van der Waals surface area contributed by atoms with E-state index >= 15 is 0 Å². The largest absolute Gasteiger partial charge is 0.468 e. The maximum Gasteiger partial charge on any atom is 0.325 e. The molecule has 0 heterocycles. The minimum absolute atomic E-state index is 0.311. The molecule has 17 heavy (non-hydrogen) atoms. The van der Waals surface area contributed by atoms with Crippen LogP contribution in [-0.2, 0) is 19.6 Å². The third-order valence-corrected chi connectivity index (χ3v) is 4.75. The Kier molecular flexibility index (Phi) is 4.48. The molecule has 1 saturated carbocycles. The third kappa shape index (κ3) is 3.17. The van der Waals surface area contributed by atoms with Crippen molar-refractivity contribution >= 4 is 16.0 Å². The van der Waals surface area contributed by atoms with Crippen molar-refractivity contribution in [3.8, 4) is 6.07 Å². The number of sulfonamides is 1. The van der Waals surface area contributed by atoms with Crippen molar-refractivity contribution in [3.63, 3.8) is 0 Å². The first-order valence-electron chi connectivity index (χ1n) is 5.41. The van der Waals surface area contributed by atoms with Crippen molar-refractivity contribution in [1.82, 2.24) is 4.72 Å². The van der Waals surface area contributed by atoms with Gasteiger partial charge in [0.1, 0.15) is 0 Å². The van der Waals surface area contributed by atoms with Crippen LogP contribution in [0, 0.1) is 17.2 Å². The first-order valence-corrected chi connectivity index (χ1v) is 6.95. The van der Waals surface area contributed by atoms with Crippen LogP contribution in [0.1, 0.15) is 26.2 Å². The number of nitrogens with zero attached hydrogens (tertiary/aromatic N) is 1. The summed E-state index contributed by atoms with van der Waals surface area (Å²) in [7, 11) is -2.63. The van der Waals surface area contributed by atoms with E-state index in [2.05, 4.69) is 15.5 Å². The lowest BCUT2D eigenvalue weighted by molar-refractivity contribution is -0.139. The number of ether oxygens (including phenoxy) is 1. The summed E-state index contributed by atoms with van der Waals surface area (Å²) in [6.07, 6.45) is 2.14. The van der Waals surface area contributed by atoms with Crippen molar-refractivity contribution in [1.29, 1.82) is 5.26 Å². The van der Waals surface area contributed by atoms with Gasteiger partial charge in [-0.05, 0) is 19.8 Å². The van der Waals surface area contributed by atoms with Gasteiger partial charge in [0.25, 0.3) is 0 Å². The predicted octanol–water partition coefficient (Wildman–Crippen LogP) is 0.160. The van der Waals surface area contributed by atoms with Crippen LogP contribution < -0.4 is 4.72 Å². The Morgan fingerprint density at radius 2 is 2.18 bits per heavy atom. The smallest absolute Gasteiger partial charge is 0.325 e. The molecule has 3 atom stereocenters. The normalized spacial score (nSPS) is 26.2. The topological polar surface area (TPSA) is 96.3 Å². The van der Waals surface area contributed by atoms with Crippen molar-refractivity contribution in [2.24, 2.45) is 5.92 Å². The second-order valence-electron chi connectivity index (χ2n) is 4.10. The Bertz CT molecular complexity index is 426. The SMILES string of the molecule is COC(=O)C(C)S(=O)(=O)NC1CCCC1C#N. The minimum atomic E-state index is -3.77. The van der Waals surface area contributed by atoms with Gasteiger partial charge in [-0.3, -0.25) is 4.79 Å². The van der Waals surface area contributed by atoms with Gasteiger partial charge >= 0.3 is 5.97 Å². The summed E-state index contributed by atoms with van der Waals surface area (Å²) in [5, 5.41) is 7.59. The quantitative estimate of drug-likeness (QED) is 0.726. The van der Waals surface area contributed by atoms with Crippen molar-refractivity contribution < 1.29 is 17.9 Å². The number of rotatable bonds is 4. The zero-order chi connectivity index (χ0) is 13.1. The van der Waals surface area contributed by atoms with Gasteiger partial charge in [-0.1, -0.05) is 6.42 Å². The van der Waals surface area contributed by atoms with E-state index in [1.54, 1.807) is 0 Å². The zero-order valence-electron chi connectivity index (χ0n) is 9.84. The second kappa shape index (κ2) is 5.47. The lowest BCUT2D eigenvalue weighted by Crippen LogP contribution is -2.44. The molecule has 0 aliphatic heterocycles. The molecule has 0 saturated heterocycles. The highest BCUT2D eigenvalue weighted by Gasteiger charge is 2.35. The molecule has 0 spiro atoms. The van der Waals surface area contributed by atoms with Crippen LogP contribution in [0.5, 0.6) is 0 Å². The molecule has 0 aromatic rings. The highest BCUT2D eigenvalue weighted by Crippen LogP contribution is 2.25. The van der Waals surface area contributed by atoms with E-state index in [1.165, 1.54) is 6.92 Å². The van der Waals surface area contributed by atoms with Gasteiger partial charge in [-0.25, -0.2) is 13.1 Å². The molecule has 0 amide bonds. The molecule has 1 aliphatic rings. The standard InChI is InChI=1S/C10H16N2O4S/c1-7(10(13)16-2)17(14,15)12-9-5-3-4-8(9)6-11/h7-9,12H,3-5H2,1-2H3. The number of methoxy groups -OCH3 is 1. The van der Waals surface area contributed by atoms with E-state index in [1.807, 2.05) is 0 Å². The van der Waals surface area contributed by atoms with Gasteiger partial charge < -0.3 is 4.74 Å². The first kappa shape index (κ1) is 13.9. The number of nitrogens with one attached hydrogen (secondary N) is 1. The highest BCUT2D eigenvalue weighted by molar-refractivity contribution is 7.90. The Morgan fingerprint density at radius 3 is 2.71 bits per heavy atom. The van der Waals surface area contributed by atoms with E-state index in [9.17, 15) is 13.2 Å². The molecule has 1 rings (SSSR count). The molecule has 0 aromatic heterocycles. The fraction of sp³-hybridized carbons (Fsp3) is 0.800. The number of nitriles is 1. The number of hydrogen-bond acceptors (Lipinski definition) is 5. The van der Waals surface area contributed by atoms with Crippen molar-refractivity contribution in [3.05, 3.63) is 0 Å². The van der Waals surface area contributed by atoms with Crippen molar-refractivity contribution in [2.75, 3.05) is 7.11 Å². The Balaban J connectivity index is 2.73. The lowest BCUT2D eigenvalue weighted by atomic mass is 10.1. The Morgan fingerprint density at radius 1 is 1.53 bits per heavy atom. The van der Waals surface area contributed by atoms with E-state index in [4.69, 9.17) is 5.26 Å². The minimum Gasteiger partial charge on any atom is -0.468 e. The van der Waals surface area contributed by atoms with Gasteiger partial charge in [0, 0.05) is 6.04 Å². The number of carbonyl (C=O) groups is 1. The maximum absolute atomic E-state index is 11.8. The molecule has 0 bridgehead atoms. The average Bonchev–Trinajstić information content (AvgIpc) is 2.73. The number of carbonyl (C=O) groups excluding carboxylic acids is 1. The average molecular weight is 260 g/mol. The molecule has 1 aliphatic carbocycles. The third-order valence-electron chi connectivity index (χ3n) is 3.00. The maximum atomic E-state index is 11.8. The number of hydrogen-bond donors (Lipinski definition) is 1. The van der Waals surface area contributed by atoms with Gasteiger partial charge in [0.05, 0.1) is 19.1 Å². The second-order valence-corrected chi connectivity index (χ2v) is 6.13. The first-order chi connectivity index (χ1) is 7.92. The van der Waals surface area contributed by atoms with E-state index in [0.717, 1.165) is 13.5 Å². The lowest BCUT2D eigenvalue weighted by Gasteiger charge is -2.18. The van der Waals surface area contributed by atoms with Crippen LogP contribution in [0.3, 0.4) is 0 Å². The molecule has 1 fully saturated rings. The van der Waals surface area contributed by atoms with Gasteiger partial charge in [-0.15, -0.1) is 0 Å². The van der Waals surface area contributed by atoms with E-state index in [0.29, 0.717) is 12.8 Å². The molecule has 3 unspecified atom stereocenters. The monoisotopic (exact) mass is 260 g/mol. The van der Waals surface area contributed by atoms with Crippen LogP contribution >= 0.6 is 0 Å². The summed E-state index contributed by atoms with van der Waals surface area (Å²) in [5.74, 6) is -1.11. The molecule has 6 nitrogen and oxygen atoms in total. The molecule has 0 aromatic carbocycles. The molecule has 0 radical (unpaired) electrons.